The molecule has 3 amide bonds. The lowest BCUT2D eigenvalue weighted by Gasteiger charge is -2.34. The van der Waals surface area contributed by atoms with Crippen molar-refractivity contribution in [2.45, 2.75) is 24.8 Å². The van der Waals surface area contributed by atoms with Gasteiger partial charge in [-0.1, -0.05) is 60.7 Å². The van der Waals surface area contributed by atoms with Gasteiger partial charge in [0.1, 0.15) is 6.04 Å². The molecule has 0 saturated heterocycles. The van der Waals surface area contributed by atoms with E-state index in [0.29, 0.717) is 12.0 Å². The number of amides is 3. The number of hydrogen-bond acceptors (Lipinski definition) is 4. The monoisotopic (exact) mass is 487 g/mol. The van der Waals surface area contributed by atoms with Crippen LogP contribution in [-0.4, -0.2) is 46.0 Å². The molecule has 0 aliphatic carbocycles. The Morgan fingerprint density at radius 3 is 2.23 bits per heavy atom. The summed E-state index contributed by atoms with van der Waals surface area (Å²) in [6, 6.07) is 15.0. The second-order valence-corrected chi connectivity index (χ2v) is 7.75. The fraction of sp³-hybridized carbons (Fsp3) is 0.250. The van der Waals surface area contributed by atoms with E-state index in [1.54, 1.807) is 54.6 Å². The zero-order valence-electron chi connectivity index (χ0n) is 19.0. The van der Waals surface area contributed by atoms with Crippen LogP contribution in [0.2, 0.25) is 0 Å². The highest BCUT2D eigenvalue weighted by atomic mass is 19.4. The molecule has 0 spiro atoms. The summed E-state index contributed by atoms with van der Waals surface area (Å²) in [6.45, 7) is 0.0912. The molecular formula is C24H24F3N5O3. The minimum Gasteiger partial charge on any atom is -0.357 e. The van der Waals surface area contributed by atoms with Crippen LogP contribution in [0.5, 0.6) is 0 Å². The van der Waals surface area contributed by atoms with Gasteiger partial charge in [-0.3, -0.25) is 19.1 Å². The van der Waals surface area contributed by atoms with E-state index in [9.17, 15) is 27.6 Å². The molecule has 0 aliphatic rings. The van der Waals surface area contributed by atoms with Gasteiger partial charge in [0, 0.05) is 26.8 Å². The van der Waals surface area contributed by atoms with E-state index in [-0.39, 0.29) is 6.54 Å². The quantitative estimate of drug-likeness (QED) is 0.454. The first kappa shape index (κ1) is 25.5. The molecule has 2 aromatic carbocycles. The number of carbonyl (C=O) groups excluding carboxylic acids is 3. The zero-order valence-corrected chi connectivity index (χ0v) is 19.0. The fourth-order valence-corrected chi connectivity index (χ4v) is 3.75. The van der Waals surface area contributed by atoms with Crippen LogP contribution in [0, 0.1) is 0 Å². The summed E-state index contributed by atoms with van der Waals surface area (Å²) >= 11 is 0. The molecule has 0 fully saturated rings. The normalized spacial score (nSPS) is 12.9. The second kappa shape index (κ2) is 10.9. The summed E-state index contributed by atoms with van der Waals surface area (Å²) in [5.74, 6) is -1.84. The number of alkyl halides is 3. The summed E-state index contributed by atoms with van der Waals surface area (Å²) in [7, 11) is 2.58. The largest absolute Gasteiger partial charge is 0.435 e. The van der Waals surface area contributed by atoms with E-state index >= 15 is 0 Å². The van der Waals surface area contributed by atoms with Gasteiger partial charge in [0.2, 0.25) is 12.3 Å². The minimum atomic E-state index is -4.88. The van der Waals surface area contributed by atoms with Gasteiger partial charge in [0.15, 0.2) is 5.69 Å². The Hall–Kier alpha value is -4.15. The first-order valence-corrected chi connectivity index (χ1v) is 10.6. The number of nitrogens with one attached hydrogen (secondary N) is 2. The van der Waals surface area contributed by atoms with Crippen molar-refractivity contribution >= 4 is 18.2 Å². The maximum Gasteiger partial charge on any atom is 0.435 e. The van der Waals surface area contributed by atoms with E-state index in [1.165, 1.54) is 19.0 Å². The van der Waals surface area contributed by atoms with Crippen molar-refractivity contribution in [1.82, 2.24) is 25.3 Å². The average Bonchev–Trinajstić information content (AvgIpc) is 3.26. The van der Waals surface area contributed by atoms with Gasteiger partial charge in [-0.2, -0.15) is 18.3 Å². The molecule has 0 bridgehead atoms. The number of halogens is 3. The van der Waals surface area contributed by atoms with Gasteiger partial charge < -0.3 is 15.5 Å². The van der Waals surface area contributed by atoms with Crippen molar-refractivity contribution in [3.05, 3.63) is 89.2 Å². The third kappa shape index (κ3) is 6.05. The van der Waals surface area contributed by atoms with Crippen LogP contribution >= 0.6 is 0 Å². The number of aryl methyl sites for hydroxylation is 1. The SMILES string of the molecule is CNC(=O)C(NC(=O)c1cn(C)nc1C(F)(F)F)C(c1ccccc1)N(C=O)Cc1ccccc1. The van der Waals surface area contributed by atoms with E-state index in [4.69, 9.17) is 0 Å². The van der Waals surface area contributed by atoms with E-state index in [0.717, 1.165) is 16.4 Å². The Balaban J connectivity index is 2.04. The first-order valence-electron chi connectivity index (χ1n) is 10.6. The van der Waals surface area contributed by atoms with Crippen molar-refractivity contribution in [3.8, 4) is 0 Å². The number of rotatable bonds is 9. The fourth-order valence-electron chi connectivity index (χ4n) is 3.75. The standard InChI is InChI=1S/C24H24F3N5O3/c1-28-23(35)19(29-22(34)18-14-31(2)30-21(18)24(25,26)27)20(17-11-7-4-8-12-17)32(15-33)13-16-9-5-3-6-10-16/h3-12,14-15,19-20H,13H2,1-2H3,(H,28,35)(H,29,34). The van der Waals surface area contributed by atoms with Crippen molar-refractivity contribution in [1.29, 1.82) is 0 Å². The van der Waals surface area contributed by atoms with E-state index < -0.39 is 41.3 Å². The molecule has 2 unspecified atom stereocenters. The van der Waals surface area contributed by atoms with Crippen LogP contribution in [0.25, 0.3) is 0 Å². The maximum atomic E-state index is 13.4. The summed E-state index contributed by atoms with van der Waals surface area (Å²) in [6.07, 6.45) is -3.41. The lowest BCUT2D eigenvalue weighted by Crippen LogP contribution is -2.53. The highest BCUT2D eigenvalue weighted by molar-refractivity contribution is 5.98. The zero-order chi connectivity index (χ0) is 25.6. The van der Waals surface area contributed by atoms with Gasteiger partial charge >= 0.3 is 6.18 Å². The number of nitrogens with zero attached hydrogens (tertiary/aromatic N) is 3. The second-order valence-electron chi connectivity index (χ2n) is 7.75. The third-order valence-corrected chi connectivity index (χ3v) is 5.31. The van der Waals surface area contributed by atoms with Crippen LogP contribution in [0.3, 0.4) is 0 Å². The number of aromatic nitrogens is 2. The lowest BCUT2D eigenvalue weighted by molar-refractivity contribution is -0.141. The van der Waals surface area contributed by atoms with Crippen LogP contribution in [0.1, 0.15) is 33.2 Å². The molecular weight excluding hydrogens is 463 g/mol. The molecule has 1 heterocycles. The van der Waals surface area contributed by atoms with Crippen molar-refractivity contribution in [3.63, 3.8) is 0 Å². The Kier molecular flexibility index (Phi) is 7.90. The molecule has 2 atom stereocenters. The van der Waals surface area contributed by atoms with Gasteiger partial charge in [0.25, 0.3) is 5.91 Å². The van der Waals surface area contributed by atoms with Crippen molar-refractivity contribution < 1.29 is 27.6 Å². The summed E-state index contributed by atoms with van der Waals surface area (Å²) in [4.78, 5) is 39.5. The average molecular weight is 487 g/mol. The third-order valence-electron chi connectivity index (χ3n) is 5.31. The van der Waals surface area contributed by atoms with E-state index in [1.807, 2.05) is 6.07 Å². The Labute approximate surface area is 199 Å². The molecule has 2 N–H and O–H groups in total. The van der Waals surface area contributed by atoms with Crippen molar-refractivity contribution in [2.24, 2.45) is 7.05 Å². The van der Waals surface area contributed by atoms with Crippen LogP contribution < -0.4 is 10.6 Å². The van der Waals surface area contributed by atoms with Gasteiger partial charge in [0.05, 0.1) is 11.6 Å². The number of carbonyl (C=O) groups is 3. The summed E-state index contributed by atoms with van der Waals surface area (Å²) < 4.78 is 41.2. The number of likely N-dealkylation sites (N-methyl/N-ethyl adjacent to an activating group) is 1. The van der Waals surface area contributed by atoms with E-state index in [2.05, 4.69) is 15.7 Å². The molecule has 0 saturated carbocycles. The van der Waals surface area contributed by atoms with Gasteiger partial charge in [-0.05, 0) is 11.1 Å². The smallest absolute Gasteiger partial charge is 0.357 e. The number of benzene rings is 2. The Morgan fingerprint density at radius 2 is 1.69 bits per heavy atom. The summed E-state index contributed by atoms with van der Waals surface area (Å²) in [5.41, 5.74) is -0.844. The molecule has 1 aromatic heterocycles. The molecule has 35 heavy (non-hydrogen) atoms. The van der Waals surface area contributed by atoms with Gasteiger partial charge in [-0.15, -0.1) is 0 Å². The highest BCUT2D eigenvalue weighted by Gasteiger charge is 2.41. The van der Waals surface area contributed by atoms with Crippen LogP contribution in [-0.2, 0) is 29.4 Å². The van der Waals surface area contributed by atoms with Crippen molar-refractivity contribution in [2.75, 3.05) is 7.05 Å². The Morgan fingerprint density at radius 1 is 1.09 bits per heavy atom. The lowest BCUT2D eigenvalue weighted by atomic mass is 9.96. The van der Waals surface area contributed by atoms with Gasteiger partial charge in [-0.25, -0.2) is 0 Å². The van der Waals surface area contributed by atoms with Crippen LogP contribution in [0.4, 0.5) is 13.2 Å². The molecule has 3 rings (SSSR count). The minimum absolute atomic E-state index is 0.0912. The predicted octanol–water partition coefficient (Wildman–Crippen LogP) is 2.68. The topological polar surface area (TPSA) is 96.3 Å². The van der Waals surface area contributed by atoms with Crippen LogP contribution in [0.15, 0.2) is 66.9 Å². The predicted molar refractivity (Wildman–Crippen MR) is 121 cm³/mol. The molecule has 0 aliphatic heterocycles. The summed E-state index contributed by atoms with van der Waals surface area (Å²) in [5, 5.41) is 8.18. The number of hydrogen-bond donors (Lipinski definition) is 2. The maximum absolute atomic E-state index is 13.4. The first-order chi connectivity index (χ1) is 16.7. The molecule has 184 valence electrons. The Bertz CT molecular complexity index is 1170. The highest BCUT2D eigenvalue weighted by Crippen LogP contribution is 2.31. The molecule has 11 heteroatoms. The molecule has 3 aromatic rings. The molecule has 8 nitrogen and oxygen atoms in total. The molecule has 0 radical (unpaired) electrons.